The maximum absolute atomic E-state index is 12.1. The van der Waals surface area contributed by atoms with Gasteiger partial charge in [0, 0.05) is 27.8 Å². The first-order chi connectivity index (χ1) is 13.0. The summed E-state index contributed by atoms with van der Waals surface area (Å²) in [7, 11) is 0. The Morgan fingerprint density at radius 1 is 0.704 bits per heavy atom. The lowest BCUT2D eigenvalue weighted by molar-refractivity contribution is -0.133. The number of halogens is 1. The molecule has 0 aliphatic carbocycles. The predicted octanol–water partition coefficient (Wildman–Crippen LogP) is 4.97. The van der Waals surface area contributed by atoms with Crippen molar-refractivity contribution in [2.45, 2.75) is 6.92 Å². The largest absolute Gasteiger partial charge is 0.356 e. The van der Waals surface area contributed by atoms with Crippen molar-refractivity contribution in [2.75, 3.05) is 16.0 Å². The Hall–Kier alpha value is -3.31. The van der Waals surface area contributed by atoms with Gasteiger partial charge in [0.05, 0.1) is 0 Å². The third kappa shape index (κ3) is 4.86. The fraction of sp³-hybridized carbons (Fsp3) is 0.0476. The molecule has 0 aromatic heterocycles. The second kappa shape index (κ2) is 8.38. The standard InChI is InChI=1S/C21H18ClN3O2/c1-14-18(22)8-5-9-19(14)25-21(27)20(26)24-17-12-10-16(11-13-17)23-15-6-3-2-4-7-15/h2-13,23H,1H3,(H,24,26)(H,25,27). The van der Waals surface area contributed by atoms with Gasteiger partial charge in [0.15, 0.2) is 0 Å². The molecule has 0 saturated carbocycles. The SMILES string of the molecule is Cc1c(Cl)cccc1NC(=O)C(=O)Nc1ccc(Nc2ccccc2)cc1. The highest BCUT2D eigenvalue weighted by Gasteiger charge is 2.15. The Morgan fingerprint density at radius 3 is 2.00 bits per heavy atom. The van der Waals surface area contributed by atoms with Crippen molar-refractivity contribution in [3.63, 3.8) is 0 Å². The summed E-state index contributed by atoms with van der Waals surface area (Å²) in [5.41, 5.74) is 3.57. The summed E-state index contributed by atoms with van der Waals surface area (Å²) in [6, 6.07) is 21.9. The molecule has 27 heavy (non-hydrogen) atoms. The van der Waals surface area contributed by atoms with Crippen LogP contribution >= 0.6 is 11.6 Å². The van der Waals surface area contributed by atoms with Crippen molar-refractivity contribution in [1.29, 1.82) is 0 Å². The highest BCUT2D eigenvalue weighted by Crippen LogP contribution is 2.23. The summed E-state index contributed by atoms with van der Waals surface area (Å²) in [4.78, 5) is 24.2. The molecule has 0 atom stereocenters. The van der Waals surface area contributed by atoms with E-state index in [0.717, 1.165) is 11.4 Å². The molecule has 3 aromatic carbocycles. The second-order valence-corrected chi connectivity index (χ2v) is 6.30. The maximum atomic E-state index is 12.1. The molecular formula is C21H18ClN3O2. The molecule has 5 nitrogen and oxygen atoms in total. The average molecular weight is 380 g/mol. The Morgan fingerprint density at radius 2 is 1.30 bits per heavy atom. The molecule has 0 bridgehead atoms. The van der Waals surface area contributed by atoms with Gasteiger partial charge in [0.1, 0.15) is 0 Å². The van der Waals surface area contributed by atoms with Crippen LogP contribution in [0.1, 0.15) is 5.56 Å². The van der Waals surface area contributed by atoms with E-state index in [0.29, 0.717) is 22.0 Å². The fourth-order valence-electron chi connectivity index (χ4n) is 2.43. The minimum atomic E-state index is -0.758. The van der Waals surface area contributed by atoms with E-state index < -0.39 is 11.8 Å². The summed E-state index contributed by atoms with van der Waals surface area (Å²) in [6.45, 7) is 1.77. The summed E-state index contributed by atoms with van der Waals surface area (Å²) in [6.07, 6.45) is 0. The monoisotopic (exact) mass is 379 g/mol. The summed E-state index contributed by atoms with van der Waals surface area (Å²) in [5.74, 6) is -1.51. The molecule has 0 spiro atoms. The number of carbonyl (C=O) groups excluding carboxylic acids is 2. The minimum absolute atomic E-state index is 0.505. The van der Waals surface area contributed by atoms with Crippen LogP contribution in [-0.4, -0.2) is 11.8 Å². The predicted molar refractivity (Wildman–Crippen MR) is 110 cm³/mol. The molecule has 136 valence electrons. The molecule has 0 heterocycles. The molecule has 0 unspecified atom stereocenters. The first kappa shape index (κ1) is 18.5. The van der Waals surface area contributed by atoms with Gasteiger partial charge in [-0.25, -0.2) is 0 Å². The van der Waals surface area contributed by atoms with Crippen LogP contribution in [0.2, 0.25) is 5.02 Å². The highest BCUT2D eigenvalue weighted by molar-refractivity contribution is 6.44. The van der Waals surface area contributed by atoms with Gasteiger partial charge in [-0.3, -0.25) is 9.59 Å². The van der Waals surface area contributed by atoms with E-state index in [1.54, 1.807) is 37.3 Å². The third-order valence-corrected chi connectivity index (χ3v) is 4.34. The van der Waals surface area contributed by atoms with Crippen molar-refractivity contribution >= 4 is 46.2 Å². The zero-order valence-electron chi connectivity index (χ0n) is 14.6. The Balaban J connectivity index is 1.60. The molecule has 0 aliphatic rings. The van der Waals surface area contributed by atoms with Crippen LogP contribution in [-0.2, 0) is 9.59 Å². The summed E-state index contributed by atoms with van der Waals surface area (Å²) < 4.78 is 0. The van der Waals surface area contributed by atoms with Crippen molar-refractivity contribution in [2.24, 2.45) is 0 Å². The van der Waals surface area contributed by atoms with Crippen molar-refractivity contribution in [3.8, 4) is 0 Å². The number of amides is 2. The lowest BCUT2D eigenvalue weighted by Gasteiger charge is -2.10. The lowest BCUT2D eigenvalue weighted by Crippen LogP contribution is -2.29. The number of rotatable bonds is 4. The Kier molecular flexibility index (Phi) is 5.74. The fourth-order valence-corrected chi connectivity index (χ4v) is 2.61. The van der Waals surface area contributed by atoms with Crippen molar-refractivity contribution in [3.05, 3.63) is 83.4 Å². The van der Waals surface area contributed by atoms with Gasteiger partial charge in [-0.15, -0.1) is 0 Å². The highest BCUT2D eigenvalue weighted by atomic mass is 35.5. The van der Waals surface area contributed by atoms with Gasteiger partial charge >= 0.3 is 11.8 Å². The maximum Gasteiger partial charge on any atom is 0.314 e. The molecule has 3 aromatic rings. The van der Waals surface area contributed by atoms with E-state index in [1.165, 1.54) is 0 Å². The van der Waals surface area contributed by atoms with E-state index in [-0.39, 0.29) is 0 Å². The van der Waals surface area contributed by atoms with Gasteiger partial charge in [0.2, 0.25) is 0 Å². The van der Waals surface area contributed by atoms with Crippen LogP contribution in [0.5, 0.6) is 0 Å². The van der Waals surface area contributed by atoms with Gasteiger partial charge in [0.25, 0.3) is 0 Å². The van der Waals surface area contributed by atoms with E-state index in [2.05, 4.69) is 16.0 Å². The lowest BCUT2D eigenvalue weighted by atomic mass is 10.2. The van der Waals surface area contributed by atoms with Crippen LogP contribution in [0.3, 0.4) is 0 Å². The van der Waals surface area contributed by atoms with Crippen LogP contribution in [0.4, 0.5) is 22.7 Å². The van der Waals surface area contributed by atoms with Crippen LogP contribution in [0.25, 0.3) is 0 Å². The Labute approximate surface area is 162 Å². The van der Waals surface area contributed by atoms with Crippen molar-refractivity contribution in [1.82, 2.24) is 0 Å². The summed E-state index contributed by atoms with van der Waals surface area (Å²) >= 11 is 6.02. The molecule has 0 aliphatic heterocycles. The average Bonchev–Trinajstić information content (AvgIpc) is 2.68. The first-order valence-electron chi connectivity index (χ1n) is 8.32. The molecule has 3 rings (SSSR count). The third-order valence-electron chi connectivity index (χ3n) is 3.93. The smallest absolute Gasteiger partial charge is 0.314 e. The number of para-hydroxylation sites is 1. The van der Waals surface area contributed by atoms with Gasteiger partial charge in [-0.2, -0.15) is 0 Å². The molecular weight excluding hydrogens is 362 g/mol. The van der Waals surface area contributed by atoms with Crippen LogP contribution in [0, 0.1) is 6.92 Å². The number of nitrogens with one attached hydrogen (secondary N) is 3. The second-order valence-electron chi connectivity index (χ2n) is 5.89. The zero-order chi connectivity index (χ0) is 19.2. The molecule has 2 amide bonds. The quantitative estimate of drug-likeness (QED) is 0.560. The van der Waals surface area contributed by atoms with E-state index in [1.807, 2.05) is 42.5 Å². The number of anilines is 4. The number of benzene rings is 3. The van der Waals surface area contributed by atoms with E-state index >= 15 is 0 Å². The van der Waals surface area contributed by atoms with E-state index in [9.17, 15) is 9.59 Å². The Bertz CT molecular complexity index is 957. The van der Waals surface area contributed by atoms with Crippen LogP contribution < -0.4 is 16.0 Å². The topological polar surface area (TPSA) is 70.2 Å². The number of carbonyl (C=O) groups is 2. The summed E-state index contributed by atoms with van der Waals surface area (Å²) in [5, 5.41) is 8.91. The van der Waals surface area contributed by atoms with Crippen LogP contribution in [0.15, 0.2) is 72.8 Å². The zero-order valence-corrected chi connectivity index (χ0v) is 15.4. The van der Waals surface area contributed by atoms with E-state index in [4.69, 9.17) is 11.6 Å². The molecule has 0 radical (unpaired) electrons. The molecule has 3 N–H and O–H groups in total. The van der Waals surface area contributed by atoms with Gasteiger partial charge < -0.3 is 16.0 Å². The van der Waals surface area contributed by atoms with Gasteiger partial charge in [-0.05, 0) is 61.0 Å². The van der Waals surface area contributed by atoms with Crippen molar-refractivity contribution < 1.29 is 9.59 Å². The molecule has 0 saturated heterocycles. The molecule has 6 heteroatoms. The first-order valence-corrected chi connectivity index (χ1v) is 8.70. The normalized spacial score (nSPS) is 10.1. The molecule has 0 fully saturated rings. The minimum Gasteiger partial charge on any atom is -0.356 e. The van der Waals surface area contributed by atoms with Gasteiger partial charge in [-0.1, -0.05) is 35.9 Å². The number of hydrogen-bond donors (Lipinski definition) is 3. The number of hydrogen-bond acceptors (Lipinski definition) is 3.